The molecule has 2 rings (SSSR count). The van der Waals surface area contributed by atoms with Gasteiger partial charge in [0.15, 0.2) is 0 Å². The van der Waals surface area contributed by atoms with Crippen LogP contribution in [0.4, 0.5) is 17.1 Å². The Morgan fingerprint density at radius 2 is 1.88 bits per heavy atom. The van der Waals surface area contributed by atoms with Crippen molar-refractivity contribution in [3.63, 3.8) is 0 Å². The van der Waals surface area contributed by atoms with Gasteiger partial charge in [0.05, 0.1) is 11.3 Å². The summed E-state index contributed by atoms with van der Waals surface area (Å²) in [6.45, 7) is 10.4. The zero-order valence-electron chi connectivity index (χ0n) is 14.2. The summed E-state index contributed by atoms with van der Waals surface area (Å²) in [6.07, 6.45) is 4.99. The van der Waals surface area contributed by atoms with E-state index < -0.39 is 0 Å². The Kier molecular flexibility index (Phi) is 6.37. The third-order valence-electron chi connectivity index (χ3n) is 3.70. The van der Waals surface area contributed by atoms with Crippen LogP contribution in [0.15, 0.2) is 55.4 Å². The van der Waals surface area contributed by atoms with Crippen molar-refractivity contribution in [3.05, 3.63) is 60.9 Å². The maximum absolute atomic E-state index is 12.4. The van der Waals surface area contributed by atoms with Crippen LogP contribution in [0, 0.1) is 0 Å². The number of amides is 1. The Hall–Kier alpha value is -2.82. The number of carbonyl (C=O) groups excluding carboxylic acids is 1. The van der Waals surface area contributed by atoms with Crippen molar-refractivity contribution in [2.75, 3.05) is 35.2 Å². The van der Waals surface area contributed by atoms with Gasteiger partial charge in [0, 0.05) is 43.4 Å². The van der Waals surface area contributed by atoms with Crippen LogP contribution in [-0.2, 0) is 0 Å². The first-order valence-corrected chi connectivity index (χ1v) is 8.14. The average molecular weight is 324 g/mol. The van der Waals surface area contributed by atoms with Crippen LogP contribution in [0.25, 0.3) is 0 Å². The molecule has 1 aromatic carbocycles. The summed E-state index contributed by atoms with van der Waals surface area (Å²) in [5, 5.41) is 6.02. The van der Waals surface area contributed by atoms with Crippen molar-refractivity contribution in [2.45, 2.75) is 13.8 Å². The van der Waals surface area contributed by atoms with E-state index in [2.05, 4.69) is 40.9 Å². The summed E-state index contributed by atoms with van der Waals surface area (Å²) in [6, 6.07) is 9.64. The van der Waals surface area contributed by atoms with E-state index in [1.165, 1.54) is 0 Å². The predicted octanol–water partition coefficient (Wildman–Crippen LogP) is 3.78. The van der Waals surface area contributed by atoms with Gasteiger partial charge < -0.3 is 15.5 Å². The highest BCUT2D eigenvalue weighted by Crippen LogP contribution is 2.18. The van der Waals surface area contributed by atoms with E-state index in [1.807, 2.05) is 24.3 Å². The van der Waals surface area contributed by atoms with Crippen molar-refractivity contribution in [3.8, 4) is 0 Å². The Morgan fingerprint density at radius 1 is 1.17 bits per heavy atom. The highest BCUT2D eigenvalue weighted by Gasteiger charge is 2.08. The topological polar surface area (TPSA) is 57.3 Å². The number of hydrogen-bond acceptors (Lipinski definition) is 4. The van der Waals surface area contributed by atoms with E-state index in [0.29, 0.717) is 12.1 Å². The van der Waals surface area contributed by atoms with E-state index in [-0.39, 0.29) is 5.91 Å². The Bertz CT molecular complexity index is 678. The van der Waals surface area contributed by atoms with Gasteiger partial charge in [-0.25, -0.2) is 0 Å². The van der Waals surface area contributed by atoms with E-state index in [9.17, 15) is 4.79 Å². The van der Waals surface area contributed by atoms with E-state index in [4.69, 9.17) is 0 Å². The SMILES string of the molecule is C=CCNc1cncc(C(=O)Nc2ccc(N(CC)CC)cc2)c1. The number of pyridine rings is 1. The fourth-order valence-electron chi connectivity index (χ4n) is 2.40. The number of carbonyl (C=O) groups is 1. The molecule has 0 aliphatic heterocycles. The summed E-state index contributed by atoms with van der Waals surface area (Å²) in [5.41, 5.74) is 3.21. The van der Waals surface area contributed by atoms with Gasteiger partial charge in [0.1, 0.15) is 0 Å². The fourth-order valence-corrected chi connectivity index (χ4v) is 2.40. The second kappa shape index (κ2) is 8.72. The van der Waals surface area contributed by atoms with Crippen molar-refractivity contribution in [1.29, 1.82) is 0 Å². The third kappa shape index (κ3) is 4.59. The summed E-state index contributed by atoms with van der Waals surface area (Å²) < 4.78 is 0. The second-order valence-corrected chi connectivity index (χ2v) is 5.31. The van der Waals surface area contributed by atoms with Crippen LogP contribution in [0.1, 0.15) is 24.2 Å². The van der Waals surface area contributed by atoms with E-state index in [1.54, 1.807) is 24.5 Å². The molecule has 0 aliphatic carbocycles. The number of nitrogens with zero attached hydrogens (tertiary/aromatic N) is 2. The molecular weight excluding hydrogens is 300 g/mol. The molecule has 0 atom stereocenters. The van der Waals surface area contributed by atoms with Gasteiger partial charge in [0.25, 0.3) is 5.91 Å². The monoisotopic (exact) mass is 324 g/mol. The van der Waals surface area contributed by atoms with Crippen molar-refractivity contribution >= 4 is 23.0 Å². The molecule has 0 bridgehead atoms. The third-order valence-corrected chi connectivity index (χ3v) is 3.70. The molecule has 2 aromatic rings. The predicted molar refractivity (Wildman–Crippen MR) is 101 cm³/mol. The molecule has 1 heterocycles. The minimum absolute atomic E-state index is 0.180. The molecule has 0 saturated heterocycles. The summed E-state index contributed by atoms with van der Waals surface area (Å²) >= 11 is 0. The lowest BCUT2D eigenvalue weighted by Gasteiger charge is -2.21. The van der Waals surface area contributed by atoms with Crippen molar-refractivity contribution in [1.82, 2.24) is 4.98 Å². The van der Waals surface area contributed by atoms with Gasteiger partial charge in [-0.2, -0.15) is 0 Å². The number of rotatable bonds is 8. The molecule has 24 heavy (non-hydrogen) atoms. The van der Waals surface area contributed by atoms with Gasteiger partial charge >= 0.3 is 0 Å². The second-order valence-electron chi connectivity index (χ2n) is 5.31. The van der Waals surface area contributed by atoms with E-state index in [0.717, 1.165) is 30.2 Å². The first kappa shape index (κ1) is 17.5. The standard InChI is InChI=1S/C19H24N4O/c1-4-11-21-17-12-15(13-20-14-17)19(24)22-16-7-9-18(10-8-16)23(5-2)6-3/h4,7-10,12-14,21H,1,5-6,11H2,2-3H3,(H,22,24). The molecule has 0 aliphatic rings. The van der Waals surface area contributed by atoms with Gasteiger partial charge in [-0.15, -0.1) is 6.58 Å². The van der Waals surface area contributed by atoms with Crippen LogP contribution < -0.4 is 15.5 Å². The Morgan fingerprint density at radius 3 is 2.50 bits per heavy atom. The number of anilines is 3. The molecule has 0 radical (unpaired) electrons. The highest BCUT2D eigenvalue weighted by molar-refractivity contribution is 6.04. The zero-order valence-corrected chi connectivity index (χ0v) is 14.2. The van der Waals surface area contributed by atoms with Crippen LogP contribution in [0.3, 0.4) is 0 Å². The van der Waals surface area contributed by atoms with Gasteiger partial charge in [0.2, 0.25) is 0 Å². The van der Waals surface area contributed by atoms with Crippen LogP contribution in [0.5, 0.6) is 0 Å². The largest absolute Gasteiger partial charge is 0.380 e. The summed E-state index contributed by atoms with van der Waals surface area (Å²) in [5.74, 6) is -0.180. The lowest BCUT2D eigenvalue weighted by Crippen LogP contribution is -2.21. The smallest absolute Gasteiger partial charge is 0.257 e. The minimum Gasteiger partial charge on any atom is -0.380 e. The van der Waals surface area contributed by atoms with Crippen molar-refractivity contribution in [2.24, 2.45) is 0 Å². The molecule has 5 nitrogen and oxygen atoms in total. The average Bonchev–Trinajstić information content (AvgIpc) is 2.62. The Balaban J connectivity index is 2.05. The first-order chi connectivity index (χ1) is 11.7. The molecule has 2 N–H and O–H groups in total. The highest BCUT2D eigenvalue weighted by atomic mass is 16.1. The molecule has 1 aromatic heterocycles. The molecule has 0 spiro atoms. The summed E-state index contributed by atoms with van der Waals surface area (Å²) in [4.78, 5) is 18.7. The minimum atomic E-state index is -0.180. The molecule has 1 amide bonds. The van der Waals surface area contributed by atoms with Crippen molar-refractivity contribution < 1.29 is 4.79 Å². The quantitative estimate of drug-likeness (QED) is 0.726. The maximum atomic E-state index is 12.4. The molecule has 126 valence electrons. The zero-order chi connectivity index (χ0) is 17.4. The number of nitrogens with one attached hydrogen (secondary N) is 2. The van der Waals surface area contributed by atoms with Gasteiger partial charge in [-0.05, 0) is 44.2 Å². The molecular formula is C19H24N4O. The first-order valence-electron chi connectivity index (χ1n) is 8.14. The molecule has 0 saturated carbocycles. The Labute approximate surface area is 143 Å². The van der Waals surface area contributed by atoms with Crippen LogP contribution >= 0.6 is 0 Å². The van der Waals surface area contributed by atoms with E-state index >= 15 is 0 Å². The van der Waals surface area contributed by atoms with Gasteiger partial charge in [-0.1, -0.05) is 6.08 Å². The lowest BCUT2D eigenvalue weighted by molar-refractivity contribution is 0.102. The summed E-state index contributed by atoms with van der Waals surface area (Å²) in [7, 11) is 0. The molecule has 5 heteroatoms. The maximum Gasteiger partial charge on any atom is 0.257 e. The number of benzene rings is 1. The molecule has 0 fully saturated rings. The van der Waals surface area contributed by atoms with Gasteiger partial charge in [-0.3, -0.25) is 9.78 Å². The fraction of sp³-hybridized carbons (Fsp3) is 0.263. The van der Waals surface area contributed by atoms with Crippen LogP contribution in [0.2, 0.25) is 0 Å². The number of aromatic nitrogens is 1. The number of hydrogen-bond donors (Lipinski definition) is 2. The normalized spacial score (nSPS) is 10.1. The lowest BCUT2D eigenvalue weighted by atomic mass is 10.2. The molecule has 0 unspecified atom stereocenters. The van der Waals surface area contributed by atoms with Crippen LogP contribution in [-0.4, -0.2) is 30.5 Å².